The molecular formula is C9H18O. The van der Waals surface area contributed by atoms with Gasteiger partial charge in [-0.3, -0.25) is 0 Å². The Balaban J connectivity index is 2.66. The summed E-state index contributed by atoms with van der Waals surface area (Å²) in [6.07, 6.45) is 1.68. The predicted octanol–water partition coefficient (Wildman–Crippen LogP) is 2.46. The highest BCUT2D eigenvalue weighted by molar-refractivity contribution is 4.87. The van der Waals surface area contributed by atoms with Gasteiger partial charge in [-0.2, -0.15) is 0 Å². The first-order valence-corrected chi connectivity index (χ1v) is 4.19. The third-order valence-electron chi connectivity index (χ3n) is 3.26. The summed E-state index contributed by atoms with van der Waals surface area (Å²) < 4.78 is 5.53. The Bertz CT molecular complexity index is 120. The van der Waals surface area contributed by atoms with Crippen molar-refractivity contribution in [2.45, 2.75) is 40.2 Å². The molecule has 1 aliphatic rings. The number of ether oxygens (including phenoxy) is 1. The van der Waals surface area contributed by atoms with Crippen LogP contribution in [0.2, 0.25) is 0 Å². The van der Waals surface area contributed by atoms with E-state index in [0.29, 0.717) is 11.5 Å². The topological polar surface area (TPSA) is 9.23 Å². The summed E-state index contributed by atoms with van der Waals surface area (Å²) in [4.78, 5) is 0. The van der Waals surface area contributed by atoms with Gasteiger partial charge in [0.05, 0.1) is 6.10 Å². The van der Waals surface area contributed by atoms with Crippen molar-refractivity contribution in [3.8, 4) is 0 Å². The molecule has 0 aromatic rings. The summed E-state index contributed by atoms with van der Waals surface area (Å²) in [6.45, 7) is 10.0. The molecule has 0 aromatic carbocycles. The van der Waals surface area contributed by atoms with E-state index in [0.717, 1.165) is 12.5 Å². The zero-order valence-corrected chi connectivity index (χ0v) is 7.48. The number of rotatable bonds is 1. The second-order valence-corrected chi connectivity index (χ2v) is 3.92. The smallest absolute Gasteiger partial charge is 0.0603 e. The molecule has 1 heterocycles. The molecule has 0 unspecified atom stereocenters. The molecule has 0 bridgehead atoms. The fourth-order valence-corrected chi connectivity index (χ4v) is 1.61. The highest BCUT2D eigenvalue weighted by atomic mass is 16.5. The molecular weight excluding hydrogens is 124 g/mol. The van der Waals surface area contributed by atoms with Crippen molar-refractivity contribution in [2.24, 2.45) is 11.3 Å². The minimum Gasteiger partial charge on any atom is -0.378 e. The first kappa shape index (κ1) is 8.06. The first-order valence-electron chi connectivity index (χ1n) is 4.19. The maximum Gasteiger partial charge on any atom is 0.0603 e. The zero-order valence-electron chi connectivity index (χ0n) is 7.48. The molecule has 1 heteroatoms. The van der Waals surface area contributed by atoms with Crippen LogP contribution < -0.4 is 0 Å². The molecule has 2 atom stereocenters. The van der Waals surface area contributed by atoms with Crippen molar-refractivity contribution in [2.75, 3.05) is 6.61 Å². The zero-order chi connectivity index (χ0) is 7.78. The Hall–Kier alpha value is -0.0400. The van der Waals surface area contributed by atoms with Crippen molar-refractivity contribution in [1.29, 1.82) is 0 Å². The predicted molar refractivity (Wildman–Crippen MR) is 43.0 cm³/mol. The van der Waals surface area contributed by atoms with E-state index in [1.807, 2.05) is 0 Å². The van der Waals surface area contributed by atoms with Gasteiger partial charge in [0.15, 0.2) is 0 Å². The summed E-state index contributed by atoms with van der Waals surface area (Å²) in [5.41, 5.74) is 0.431. The average Bonchev–Trinajstić information content (AvgIpc) is 2.15. The van der Waals surface area contributed by atoms with Crippen molar-refractivity contribution in [1.82, 2.24) is 0 Å². The van der Waals surface area contributed by atoms with Gasteiger partial charge in [-0.1, -0.05) is 20.8 Å². The first-order chi connectivity index (χ1) is 4.57. The number of hydrogen-bond acceptors (Lipinski definition) is 1. The lowest BCUT2D eigenvalue weighted by Gasteiger charge is -2.31. The molecule has 1 fully saturated rings. The van der Waals surface area contributed by atoms with Crippen LogP contribution in [0.4, 0.5) is 0 Å². The molecule has 60 valence electrons. The monoisotopic (exact) mass is 142 g/mol. The van der Waals surface area contributed by atoms with Crippen LogP contribution in [-0.2, 0) is 4.74 Å². The largest absolute Gasteiger partial charge is 0.378 e. The van der Waals surface area contributed by atoms with E-state index in [4.69, 9.17) is 4.74 Å². The summed E-state index contributed by atoms with van der Waals surface area (Å²) in [7, 11) is 0. The number of hydrogen-bond donors (Lipinski definition) is 0. The van der Waals surface area contributed by atoms with Crippen LogP contribution in [0, 0.1) is 11.3 Å². The molecule has 0 aliphatic carbocycles. The third-order valence-corrected chi connectivity index (χ3v) is 3.26. The van der Waals surface area contributed by atoms with Crippen LogP contribution >= 0.6 is 0 Å². The van der Waals surface area contributed by atoms with Gasteiger partial charge in [-0.25, -0.2) is 0 Å². The second-order valence-electron chi connectivity index (χ2n) is 3.92. The van der Waals surface area contributed by atoms with Gasteiger partial charge >= 0.3 is 0 Å². The van der Waals surface area contributed by atoms with Crippen molar-refractivity contribution >= 4 is 0 Å². The molecule has 0 aromatic heterocycles. The Morgan fingerprint density at radius 1 is 1.50 bits per heavy atom. The lowest BCUT2D eigenvalue weighted by Crippen LogP contribution is -2.30. The molecule has 1 rings (SSSR count). The Morgan fingerprint density at radius 2 is 2.10 bits per heavy atom. The SMILES string of the molecule is CC(C)[C@]1(C)CCO[C@H]1C. The molecule has 0 amide bonds. The van der Waals surface area contributed by atoms with E-state index in [1.165, 1.54) is 6.42 Å². The van der Waals surface area contributed by atoms with Gasteiger partial charge in [0, 0.05) is 6.61 Å². The summed E-state index contributed by atoms with van der Waals surface area (Å²) in [6, 6.07) is 0. The maximum atomic E-state index is 5.53. The summed E-state index contributed by atoms with van der Waals surface area (Å²) in [5.74, 6) is 0.741. The van der Waals surface area contributed by atoms with Crippen LogP contribution in [0.25, 0.3) is 0 Å². The molecule has 1 saturated heterocycles. The molecule has 1 nitrogen and oxygen atoms in total. The van der Waals surface area contributed by atoms with Crippen LogP contribution in [0.1, 0.15) is 34.1 Å². The standard InChI is InChI=1S/C9H18O/c1-7(2)9(4)5-6-10-8(9)3/h7-8H,5-6H2,1-4H3/t8-,9-/m0/s1. The molecule has 0 radical (unpaired) electrons. The van der Waals surface area contributed by atoms with Crippen molar-refractivity contribution < 1.29 is 4.74 Å². The fraction of sp³-hybridized carbons (Fsp3) is 1.00. The minimum atomic E-state index is 0.431. The average molecular weight is 142 g/mol. The molecule has 0 saturated carbocycles. The van der Waals surface area contributed by atoms with Gasteiger partial charge < -0.3 is 4.74 Å². The van der Waals surface area contributed by atoms with Crippen LogP contribution in [0.5, 0.6) is 0 Å². The van der Waals surface area contributed by atoms with Crippen molar-refractivity contribution in [3.05, 3.63) is 0 Å². The Kier molecular flexibility index (Phi) is 2.04. The highest BCUT2D eigenvalue weighted by Gasteiger charge is 2.39. The molecule has 1 aliphatic heterocycles. The normalized spacial score (nSPS) is 41.1. The van der Waals surface area contributed by atoms with Gasteiger partial charge in [0.1, 0.15) is 0 Å². The van der Waals surface area contributed by atoms with Gasteiger partial charge in [-0.15, -0.1) is 0 Å². The summed E-state index contributed by atoms with van der Waals surface area (Å²) in [5, 5.41) is 0. The van der Waals surface area contributed by atoms with E-state index in [1.54, 1.807) is 0 Å². The third kappa shape index (κ3) is 1.07. The highest BCUT2D eigenvalue weighted by Crippen LogP contribution is 2.40. The van der Waals surface area contributed by atoms with Crippen LogP contribution in [0.3, 0.4) is 0 Å². The lowest BCUT2D eigenvalue weighted by atomic mass is 9.74. The molecule has 0 spiro atoms. The van der Waals surface area contributed by atoms with Gasteiger partial charge in [0.2, 0.25) is 0 Å². The van der Waals surface area contributed by atoms with Gasteiger partial charge in [-0.05, 0) is 24.7 Å². The summed E-state index contributed by atoms with van der Waals surface area (Å²) >= 11 is 0. The van der Waals surface area contributed by atoms with E-state index in [2.05, 4.69) is 27.7 Å². The molecule has 10 heavy (non-hydrogen) atoms. The quantitative estimate of drug-likeness (QED) is 0.546. The van der Waals surface area contributed by atoms with Crippen LogP contribution in [0.15, 0.2) is 0 Å². The van der Waals surface area contributed by atoms with E-state index in [-0.39, 0.29) is 0 Å². The fourth-order valence-electron chi connectivity index (χ4n) is 1.61. The van der Waals surface area contributed by atoms with Crippen LogP contribution in [-0.4, -0.2) is 12.7 Å². The van der Waals surface area contributed by atoms with E-state index in [9.17, 15) is 0 Å². The Labute approximate surface area is 63.8 Å². The van der Waals surface area contributed by atoms with Gasteiger partial charge in [0.25, 0.3) is 0 Å². The maximum absolute atomic E-state index is 5.53. The van der Waals surface area contributed by atoms with Crippen molar-refractivity contribution in [3.63, 3.8) is 0 Å². The second kappa shape index (κ2) is 2.54. The van der Waals surface area contributed by atoms with E-state index >= 15 is 0 Å². The molecule has 0 N–H and O–H groups in total. The Morgan fingerprint density at radius 3 is 2.30 bits per heavy atom. The van der Waals surface area contributed by atoms with E-state index < -0.39 is 0 Å². The lowest BCUT2D eigenvalue weighted by molar-refractivity contribution is 0.0487. The minimum absolute atomic E-state index is 0.431.